The molecule has 0 aliphatic heterocycles. The maximum absolute atomic E-state index is 5.78. The van der Waals surface area contributed by atoms with Gasteiger partial charge in [-0.15, -0.1) is 5.10 Å². The van der Waals surface area contributed by atoms with Crippen molar-refractivity contribution in [3.05, 3.63) is 6.33 Å². The Morgan fingerprint density at radius 2 is 2.06 bits per heavy atom. The molecule has 0 amide bonds. The van der Waals surface area contributed by atoms with Crippen LogP contribution >= 0.6 is 0 Å². The summed E-state index contributed by atoms with van der Waals surface area (Å²) in [7, 11) is 0. The van der Waals surface area contributed by atoms with Crippen LogP contribution in [-0.2, 0) is 0 Å². The fourth-order valence-electron chi connectivity index (χ4n) is 2.83. The Balaban J connectivity index is 1.89. The van der Waals surface area contributed by atoms with E-state index in [0.29, 0.717) is 17.4 Å². The van der Waals surface area contributed by atoms with Gasteiger partial charge in [0.2, 0.25) is 0 Å². The van der Waals surface area contributed by atoms with Crippen molar-refractivity contribution in [1.29, 1.82) is 0 Å². The summed E-state index contributed by atoms with van der Waals surface area (Å²) in [6, 6.07) is 0.409. The maximum Gasteiger partial charge on any atom is 0.184 e. The average molecular weight is 246 g/mol. The van der Waals surface area contributed by atoms with E-state index in [2.05, 4.69) is 27.2 Å². The first kappa shape index (κ1) is 11.4. The van der Waals surface area contributed by atoms with Crippen LogP contribution in [0.15, 0.2) is 6.33 Å². The lowest BCUT2D eigenvalue weighted by Crippen LogP contribution is -2.19. The Kier molecular flexibility index (Phi) is 2.85. The van der Waals surface area contributed by atoms with Crippen LogP contribution in [0, 0.1) is 5.92 Å². The largest absolute Gasteiger partial charge is 0.382 e. The van der Waals surface area contributed by atoms with Gasteiger partial charge in [0.05, 0.1) is 6.04 Å². The van der Waals surface area contributed by atoms with Crippen molar-refractivity contribution in [1.82, 2.24) is 25.0 Å². The molecule has 0 bridgehead atoms. The lowest BCUT2D eigenvalue weighted by Gasteiger charge is -2.27. The molecule has 1 aliphatic carbocycles. The number of nitrogens with zero attached hydrogens (tertiary/aromatic N) is 5. The third-order valence-electron chi connectivity index (χ3n) is 4.03. The van der Waals surface area contributed by atoms with Gasteiger partial charge in [-0.1, -0.05) is 18.6 Å². The van der Waals surface area contributed by atoms with Crippen LogP contribution in [0.2, 0.25) is 0 Å². The highest BCUT2D eigenvalue weighted by molar-refractivity contribution is 5.80. The standard InChI is InChI=1S/C12H18N6/c1-2-8-3-5-9(6-4-8)18-12-10(16-17-18)11(13)14-7-15-12/h7-9H,2-6H2,1H3,(H2,13,14,15)/t8-,9-. The Morgan fingerprint density at radius 3 is 2.78 bits per heavy atom. The first-order valence-corrected chi connectivity index (χ1v) is 6.61. The second kappa shape index (κ2) is 4.51. The summed E-state index contributed by atoms with van der Waals surface area (Å²) in [5.74, 6) is 1.28. The Labute approximate surface area is 106 Å². The molecule has 2 aromatic rings. The molecule has 1 aliphatic rings. The molecule has 96 valence electrons. The van der Waals surface area contributed by atoms with Gasteiger partial charge in [-0.2, -0.15) is 0 Å². The van der Waals surface area contributed by atoms with Gasteiger partial charge in [0, 0.05) is 0 Å². The fraction of sp³-hybridized carbons (Fsp3) is 0.667. The summed E-state index contributed by atoms with van der Waals surface area (Å²) in [6.07, 6.45) is 7.60. The van der Waals surface area contributed by atoms with Crippen LogP contribution in [0.25, 0.3) is 11.2 Å². The number of hydrogen-bond acceptors (Lipinski definition) is 5. The first-order chi connectivity index (χ1) is 8.79. The quantitative estimate of drug-likeness (QED) is 0.875. The molecule has 2 N–H and O–H groups in total. The van der Waals surface area contributed by atoms with Crippen molar-refractivity contribution in [3.8, 4) is 0 Å². The number of rotatable bonds is 2. The molecule has 2 heterocycles. The van der Waals surface area contributed by atoms with Crippen molar-refractivity contribution in [3.63, 3.8) is 0 Å². The summed E-state index contributed by atoms with van der Waals surface area (Å²) in [5, 5.41) is 8.31. The van der Waals surface area contributed by atoms with E-state index < -0.39 is 0 Å². The van der Waals surface area contributed by atoms with Crippen LogP contribution in [-0.4, -0.2) is 25.0 Å². The van der Waals surface area contributed by atoms with Gasteiger partial charge in [-0.05, 0) is 31.6 Å². The van der Waals surface area contributed by atoms with Gasteiger partial charge in [-0.25, -0.2) is 14.6 Å². The SMILES string of the molecule is CC[C@H]1CC[C@H](n2nnc3c(N)ncnc32)CC1. The topological polar surface area (TPSA) is 82.5 Å². The van der Waals surface area contributed by atoms with Crippen molar-refractivity contribution >= 4 is 17.0 Å². The van der Waals surface area contributed by atoms with Crippen LogP contribution in [0.3, 0.4) is 0 Å². The molecule has 1 fully saturated rings. The summed E-state index contributed by atoms with van der Waals surface area (Å²) in [4.78, 5) is 8.21. The zero-order chi connectivity index (χ0) is 12.5. The highest BCUT2D eigenvalue weighted by atomic mass is 15.5. The second-order valence-corrected chi connectivity index (χ2v) is 5.05. The molecule has 18 heavy (non-hydrogen) atoms. The lowest BCUT2D eigenvalue weighted by atomic mass is 9.84. The molecule has 3 rings (SSSR count). The van der Waals surface area contributed by atoms with E-state index in [1.165, 1.54) is 25.6 Å². The molecule has 2 aromatic heterocycles. The zero-order valence-electron chi connectivity index (χ0n) is 10.6. The van der Waals surface area contributed by atoms with Crippen molar-refractivity contribution in [2.45, 2.75) is 45.1 Å². The minimum absolute atomic E-state index is 0.409. The third kappa shape index (κ3) is 1.81. The van der Waals surface area contributed by atoms with Crippen LogP contribution < -0.4 is 5.73 Å². The van der Waals surface area contributed by atoms with Gasteiger partial charge in [-0.3, -0.25) is 0 Å². The molecule has 0 spiro atoms. The van der Waals surface area contributed by atoms with E-state index in [1.54, 1.807) is 0 Å². The van der Waals surface area contributed by atoms with Gasteiger partial charge in [0.15, 0.2) is 17.0 Å². The van der Waals surface area contributed by atoms with E-state index in [1.807, 2.05) is 4.68 Å². The summed E-state index contributed by atoms with van der Waals surface area (Å²) < 4.78 is 1.93. The lowest BCUT2D eigenvalue weighted by molar-refractivity contribution is 0.257. The number of hydrogen-bond donors (Lipinski definition) is 1. The molecular weight excluding hydrogens is 228 g/mol. The smallest absolute Gasteiger partial charge is 0.184 e. The van der Waals surface area contributed by atoms with Crippen LogP contribution in [0.1, 0.15) is 45.1 Å². The molecule has 0 atom stereocenters. The third-order valence-corrected chi connectivity index (χ3v) is 4.03. The van der Waals surface area contributed by atoms with Gasteiger partial charge >= 0.3 is 0 Å². The zero-order valence-corrected chi connectivity index (χ0v) is 10.6. The molecule has 6 heteroatoms. The average Bonchev–Trinajstić information content (AvgIpc) is 2.84. The highest BCUT2D eigenvalue weighted by Crippen LogP contribution is 2.34. The van der Waals surface area contributed by atoms with Gasteiger partial charge in [0.25, 0.3) is 0 Å². The predicted molar refractivity (Wildman–Crippen MR) is 68.8 cm³/mol. The normalized spacial score (nSPS) is 24.5. The number of anilines is 1. The van der Waals surface area contributed by atoms with E-state index in [4.69, 9.17) is 5.73 Å². The molecule has 0 radical (unpaired) electrons. The number of fused-ring (bicyclic) bond motifs is 1. The molecule has 6 nitrogen and oxygen atoms in total. The van der Waals surface area contributed by atoms with E-state index in [-0.39, 0.29) is 0 Å². The number of nitrogens with two attached hydrogens (primary N) is 1. The Morgan fingerprint density at radius 1 is 1.28 bits per heavy atom. The summed E-state index contributed by atoms with van der Waals surface area (Å²) in [5.41, 5.74) is 7.16. The monoisotopic (exact) mass is 246 g/mol. The first-order valence-electron chi connectivity index (χ1n) is 6.61. The molecule has 1 saturated carbocycles. The minimum Gasteiger partial charge on any atom is -0.382 e. The van der Waals surface area contributed by atoms with Crippen LogP contribution in [0.5, 0.6) is 0 Å². The molecular formula is C12H18N6. The number of nitrogen functional groups attached to an aromatic ring is 1. The Hall–Kier alpha value is -1.72. The molecule has 0 aromatic carbocycles. The number of aromatic nitrogens is 5. The van der Waals surface area contributed by atoms with E-state index >= 15 is 0 Å². The van der Waals surface area contributed by atoms with Crippen molar-refractivity contribution in [2.75, 3.05) is 5.73 Å². The minimum atomic E-state index is 0.409. The van der Waals surface area contributed by atoms with Crippen molar-refractivity contribution in [2.24, 2.45) is 5.92 Å². The molecule has 0 saturated heterocycles. The summed E-state index contributed by atoms with van der Waals surface area (Å²) >= 11 is 0. The second-order valence-electron chi connectivity index (χ2n) is 5.05. The predicted octanol–water partition coefficient (Wildman–Crippen LogP) is 1.94. The van der Waals surface area contributed by atoms with Crippen molar-refractivity contribution < 1.29 is 0 Å². The van der Waals surface area contributed by atoms with Gasteiger partial charge in [0.1, 0.15) is 6.33 Å². The Bertz CT molecular complexity index is 540. The highest BCUT2D eigenvalue weighted by Gasteiger charge is 2.24. The van der Waals surface area contributed by atoms with Crippen LogP contribution in [0.4, 0.5) is 5.82 Å². The summed E-state index contributed by atoms with van der Waals surface area (Å²) in [6.45, 7) is 2.27. The molecule has 0 unspecified atom stereocenters. The van der Waals surface area contributed by atoms with E-state index in [9.17, 15) is 0 Å². The maximum atomic E-state index is 5.78. The van der Waals surface area contributed by atoms with Gasteiger partial charge < -0.3 is 5.73 Å². The fourth-order valence-corrected chi connectivity index (χ4v) is 2.83. The van der Waals surface area contributed by atoms with E-state index in [0.717, 1.165) is 24.4 Å².